The molecule has 1 aromatic rings. The summed E-state index contributed by atoms with van der Waals surface area (Å²) in [6, 6.07) is 0.229. The molecule has 96 valence electrons. The van der Waals surface area contributed by atoms with Crippen molar-refractivity contribution < 1.29 is 14.6 Å². The lowest BCUT2D eigenvalue weighted by Gasteiger charge is -2.21. The van der Waals surface area contributed by atoms with Gasteiger partial charge in [0.2, 0.25) is 0 Å². The van der Waals surface area contributed by atoms with Crippen LogP contribution in [0, 0.1) is 5.92 Å². The van der Waals surface area contributed by atoms with Crippen LogP contribution in [-0.2, 0) is 9.53 Å². The maximum absolute atomic E-state index is 11.2. The van der Waals surface area contributed by atoms with Crippen molar-refractivity contribution >= 4 is 5.97 Å². The molecule has 1 heterocycles. The molecule has 1 N–H and O–H groups in total. The van der Waals surface area contributed by atoms with Crippen molar-refractivity contribution in [3.05, 3.63) is 18.2 Å². The molecule has 0 bridgehead atoms. The lowest BCUT2D eigenvalue weighted by molar-refractivity contribution is -0.142. The zero-order chi connectivity index (χ0) is 13.0. The van der Waals surface area contributed by atoms with Crippen molar-refractivity contribution in [1.29, 1.82) is 0 Å². The molecule has 0 saturated carbocycles. The third kappa shape index (κ3) is 3.30. The van der Waals surface area contributed by atoms with Gasteiger partial charge in [-0.3, -0.25) is 4.79 Å². The Labute approximate surface area is 101 Å². The molecule has 0 radical (unpaired) electrons. The van der Waals surface area contributed by atoms with Crippen molar-refractivity contribution in [2.24, 2.45) is 5.92 Å². The van der Waals surface area contributed by atoms with Crippen LogP contribution in [0.3, 0.4) is 0 Å². The van der Waals surface area contributed by atoms with Crippen molar-refractivity contribution in [3.63, 3.8) is 0 Å². The number of carbonyl (C=O) groups is 1. The standard InChI is InChI=1S/C12H20N2O3/c1-8(2)14-7-13-6-10(14)12(16)9(3)5-11(15)17-4/h6-9,12,16H,5H2,1-4H3. The molecule has 1 rings (SSSR count). The minimum Gasteiger partial charge on any atom is -0.469 e. The molecule has 0 aromatic carbocycles. The highest BCUT2D eigenvalue weighted by molar-refractivity contribution is 5.69. The molecule has 5 nitrogen and oxygen atoms in total. The van der Waals surface area contributed by atoms with Crippen LogP contribution >= 0.6 is 0 Å². The molecule has 2 unspecified atom stereocenters. The highest BCUT2D eigenvalue weighted by Gasteiger charge is 2.23. The summed E-state index contributed by atoms with van der Waals surface area (Å²) in [6.45, 7) is 5.85. The Kier molecular flexibility index (Phi) is 4.69. The molecule has 0 amide bonds. The zero-order valence-electron chi connectivity index (χ0n) is 10.8. The summed E-state index contributed by atoms with van der Waals surface area (Å²) >= 11 is 0. The Bertz CT molecular complexity index is 374. The van der Waals surface area contributed by atoms with E-state index in [-0.39, 0.29) is 24.3 Å². The van der Waals surface area contributed by atoms with Gasteiger partial charge in [-0.15, -0.1) is 0 Å². The third-order valence-corrected chi connectivity index (χ3v) is 2.81. The van der Waals surface area contributed by atoms with Crippen LogP contribution in [0.15, 0.2) is 12.5 Å². The molecule has 5 heteroatoms. The molecule has 0 saturated heterocycles. The SMILES string of the molecule is COC(=O)CC(C)C(O)c1cncn1C(C)C. The summed E-state index contributed by atoms with van der Waals surface area (Å²) in [5, 5.41) is 10.2. The summed E-state index contributed by atoms with van der Waals surface area (Å²) in [5.41, 5.74) is 0.733. The summed E-state index contributed by atoms with van der Waals surface area (Å²) in [6.07, 6.45) is 2.81. The second-order valence-electron chi connectivity index (χ2n) is 4.52. The van der Waals surface area contributed by atoms with Crippen LogP contribution in [-0.4, -0.2) is 27.7 Å². The maximum Gasteiger partial charge on any atom is 0.305 e. The van der Waals surface area contributed by atoms with E-state index >= 15 is 0 Å². The molecule has 2 atom stereocenters. The lowest BCUT2D eigenvalue weighted by Crippen LogP contribution is -2.18. The number of aliphatic hydroxyl groups excluding tert-OH is 1. The lowest BCUT2D eigenvalue weighted by atomic mass is 9.98. The second-order valence-corrected chi connectivity index (χ2v) is 4.52. The summed E-state index contributed by atoms with van der Waals surface area (Å²) in [4.78, 5) is 15.2. The van der Waals surface area contributed by atoms with Crippen LogP contribution in [0.4, 0.5) is 0 Å². The molecule has 0 fully saturated rings. The van der Waals surface area contributed by atoms with Gasteiger partial charge in [-0.2, -0.15) is 0 Å². The van der Waals surface area contributed by atoms with Gasteiger partial charge in [-0.25, -0.2) is 4.98 Å². The predicted octanol–water partition coefficient (Wildman–Crippen LogP) is 1.70. The molecule has 0 aliphatic carbocycles. The van der Waals surface area contributed by atoms with E-state index in [0.29, 0.717) is 0 Å². The molecule has 0 aliphatic heterocycles. The van der Waals surface area contributed by atoms with Crippen LogP contribution in [0.25, 0.3) is 0 Å². The van der Waals surface area contributed by atoms with Crippen molar-refractivity contribution in [3.8, 4) is 0 Å². The van der Waals surface area contributed by atoms with E-state index in [4.69, 9.17) is 0 Å². The highest BCUT2D eigenvalue weighted by atomic mass is 16.5. The van der Waals surface area contributed by atoms with E-state index in [1.807, 2.05) is 25.3 Å². The minimum atomic E-state index is -0.709. The number of nitrogens with zero attached hydrogens (tertiary/aromatic N) is 2. The van der Waals surface area contributed by atoms with Gasteiger partial charge in [0.1, 0.15) is 0 Å². The van der Waals surface area contributed by atoms with Gasteiger partial charge in [0.15, 0.2) is 0 Å². The van der Waals surface area contributed by atoms with Gasteiger partial charge >= 0.3 is 5.97 Å². The van der Waals surface area contributed by atoms with E-state index < -0.39 is 6.10 Å². The van der Waals surface area contributed by atoms with Gasteiger partial charge in [0.05, 0.1) is 37.9 Å². The normalized spacial score (nSPS) is 14.7. The third-order valence-electron chi connectivity index (χ3n) is 2.81. The van der Waals surface area contributed by atoms with Crippen LogP contribution in [0.5, 0.6) is 0 Å². The first-order valence-electron chi connectivity index (χ1n) is 5.74. The smallest absolute Gasteiger partial charge is 0.305 e. The fourth-order valence-electron chi connectivity index (χ4n) is 1.72. The molecule has 0 aliphatic rings. The number of esters is 1. The van der Waals surface area contributed by atoms with Crippen molar-refractivity contribution in [2.75, 3.05) is 7.11 Å². The first-order chi connectivity index (χ1) is 7.97. The molecule has 1 aromatic heterocycles. The fraction of sp³-hybridized carbons (Fsp3) is 0.667. The summed E-state index contributed by atoms with van der Waals surface area (Å²) in [7, 11) is 1.35. The Hall–Kier alpha value is -1.36. The quantitative estimate of drug-likeness (QED) is 0.795. The first kappa shape index (κ1) is 13.7. The monoisotopic (exact) mass is 240 g/mol. The minimum absolute atomic E-state index is 0.195. The van der Waals surface area contributed by atoms with Crippen molar-refractivity contribution in [2.45, 2.75) is 39.3 Å². The average molecular weight is 240 g/mol. The Morgan fingerprint density at radius 3 is 2.71 bits per heavy atom. The topological polar surface area (TPSA) is 64.3 Å². The van der Waals surface area contributed by atoms with Crippen molar-refractivity contribution in [1.82, 2.24) is 9.55 Å². The number of carbonyl (C=O) groups excluding carboxylic acids is 1. The van der Waals surface area contributed by atoms with E-state index in [2.05, 4.69) is 9.72 Å². The van der Waals surface area contributed by atoms with Crippen LogP contribution < -0.4 is 0 Å². The van der Waals surface area contributed by atoms with Gasteiger partial charge in [-0.05, 0) is 19.8 Å². The summed E-state index contributed by atoms with van der Waals surface area (Å²) < 4.78 is 6.49. The number of methoxy groups -OCH3 is 1. The molecular formula is C12H20N2O3. The average Bonchev–Trinajstić information content (AvgIpc) is 2.76. The van der Waals surface area contributed by atoms with E-state index in [1.165, 1.54) is 7.11 Å². The molecule has 17 heavy (non-hydrogen) atoms. The number of rotatable bonds is 5. The molecular weight excluding hydrogens is 220 g/mol. The Balaban J connectivity index is 2.77. The van der Waals surface area contributed by atoms with Gasteiger partial charge in [-0.1, -0.05) is 6.92 Å². The first-order valence-corrected chi connectivity index (χ1v) is 5.74. The Morgan fingerprint density at radius 1 is 1.53 bits per heavy atom. The highest BCUT2D eigenvalue weighted by Crippen LogP contribution is 2.26. The predicted molar refractivity (Wildman–Crippen MR) is 63.4 cm³/mol. The number of hydrogen-bond donors (Lipinski definition) is 1. The van der Waals surface area contributed by atoms with E-state index in [1.54, 1.807) is 12.5 Å². The molecule has 0 spiro atoms. The van der Waals surface area contributed by atoms with Crippen LogP contribution in [0.2, 0.25) is 0 Å². The maximum atomic E-state index is 11.2. The Morgan fingerprint density at radius 2 is 2.18 bits per heavy atom. The van der Waals surface area contributed by atoms with E-state index in [9.17, 15) is 9.90 Å². The summed E-state index contributed by atoms with van der Waals surface area (Å²) in [5.74, 6) is -0.510. The second kappa shape index (κ2) is 5.82. The van der Waals surface area contributed by atoms with Crippen LogP contribution in [0.1, 0.15) is 45.0 Å². The van der Waals surface area contributed by atoms with Gasteiger partial charge in [0, 0.05) is 6.04 Å². The number of ether oxygens (including phenoxy) is 1. The number of aromatic nitrogens is 2. The largest absolute Gasteiger partial charge is 0.469 e. The fourth-order valence-corrected chi connectivity index (χ4v) is 1.72. The van der Waals surface area contributed by atoms with E-state index in [0.717, 1.165) is 5.69 Å². The number of hydrogen-bond acceptors (Lipinski definition) is 4. The zero-order valence-corrected chi connectivity index (χ0v) is 10.8. The van der Waals surface area contributed by atoms with Gasteiger partial charge in [0.25, 0.3) is 0 Å². The van der Waals surface area contributed by atoms with Gasteiger partial charge < -0.3 is 14.4 Å². The number of aliphatic hydroxyl groups is 1. The number of imidazole rings is 1.